The van der Waals surface area contributed by atoms with Crippen LogP contribution in [0.1, 0.15) is 22.3 Å². The smallest absolute Gasteiger partial charge is 0.0534 e. The third-order valence-electron chi connectivity index (χ3n) is 8.43. The van der Waals surface area contributed by atoms with E-state index < -0.39 is 0 Å². The number of hydrogen-bond donors (Lipinski definition) is 0. The monoisotopic (exact) mass is 642 g/mol. The second kappa shape index (κ2) is 16.0. The van der Waals surface area contributed by atoms with Gasteiger partial charge in [-0.3, -0.25) is 0 Å². The minimum atomic E-state index is 1.17. The normalized spacial score (nSPS) is 11.0. The van der Waals surface area contributed by atoms with E-state index in [4.69, 9.17) is 0 Å². The Morgan fingerprint density at radius 3 is 0.900 bits per heavy atom. The molecule has 8 aromatic rings. The molecule has 8 rings (SSSR count). The summed E-state index contributed by atoms with van der Waals surface area (Å²) in [4.78, 5) is 0. The van der Waals surface area contributed by atoms with E-state index in [1.807, 2.05) is 24.3 Å². The molecule has 0 aliphatic rings. The van der Waals surface area contributed by atoms with Crippen LogP contribution >= 0.6 is 0 Å². The van der Waals surface area contributed by atoms with Crippen LogP contribution in [0.4, 0.5) is 0 Å². The van der Waals surface area contributed by atoms with Crippen molar-refractivity contribution < 1.29 is 0 Å². The van der Waals surface area contributed by atoms with Gasteiger partial charge in [0.2, 0.25) is 0 Å². The molecule has 2 heterocycles. The molecule has 0 aliphatic carbocycles. The predicted molar refractivity (Wildman–Crippen MR) is 213 cm³/mol. The number of para-hydroxylation sites is 2. The molecule has 2 aromatic heterocycles. The summed E-state index contributed by atoms with van der Waals surface area (Å²) in [5, 5.41) is 0. The first-order valence-electron chi connectivity index (χ1n) is 16.9. The quantitative estimate of drug-likeness (QED) is 0.156. The van der Waals surface area contributed by atoms with Crippen molar-refractivity contribution >= 4 is 24.3 Å². The van der Waals surface area contributed by atoms with Crippen LogP contribution in [0.5, 0.6) is 0 Å². The van der Waals surface area contributed by atoms with Crippen molar-refractivity contribution in [3.05, 3.63) is 229 Å². The summed E-state index contributed by atoms with van der Waals surface area (Å²) in [6, 6.07) is 67.2. The van der Waals surface area contributed by atoms with Gasteiger partial charge in [0, 0.05) is 23.8 Å². The van der Waals surface area contributed by atoms with Crippen LogP contribution in [0.25, 0.3) is 58.2 Å². The lowest BCUT2D eigenvalue weighted by Gasteiger charge is -2.09. The van der Waals surface area contributed by atoms with Gasteiger partial charge in [-0.15, -0.1) is 0 Å². The number of hydrogen-bond acceptors (Lipinski definition) is 0. The highest BCUT2D eigenvalue weighted by molar-refractivity contribution is 5.75. The summed E-state index contributed by atoms with van der Waals surface area (Å²) in [6.45, 7) is 0. The molecule has 0 spiro atoms. The zero-order chi connectivity index (χ0) is 33.8. The molecule has 0 N–H and O–H groups in total. The molecule has 2 nitrogen and oxygen atoms in total. The van der Waals surface area contributed by atoms with Gasteiger partial charge in [-0.1, -0.05) is 182 Å². The zero-order valence-corrected chi connectivity index (χ0v) is 27.8. The number of benzene rings is 6. The fourth-order valence-corrected chi connectivity index (χ4v) is 5.93. The van der Waals surface area contributed by atoms with Gasteiger partial charge in [0.15, 0.2) is 0 Å². The molecular weight excluding hydrogens is 605 g/mol. The Hall–Kier alpha value is -6.64. The van der Waals surface area contributed by atoms with E-state index in [1.165, 1.54) is 56.1 Å². The van der Waals surface area contributed by atoms with E-state index in [-0.39, 0.29) is 0 Å². The standard InChI is InChI=1S/2C24H19N/c2*1-4-10-20(11-5-1)16-17-21-18-24(22-12-6-2-7-13-22)25(19-21)23-14-8-3-9-15-23/h2*1-19H/b2*17-16+. The van der Waals surface area contributed by atoms with Crippen LogP contribution < -0.4 is 0 Å². The number of nitrogens with zero attached hydrogens (tertiary/aromatic N) is 2. The summed E-state index contributed by atoms with van der Waals surface area (Å²) in [5.41, 5.74) is 11.9. The average Bonchev–Trinajstić information content (AvgIpc) is 3.84. The first kappa shape index (κ1) is 31.9. The molecule has 0 unspecified atom stereocenters. The highest BCUT2D eigenvalue weighted by atomic mass is 15.0. The van der Waals surface area contributed by atoms with Gasteiger partial charge in [0.25, 0.3) is 0 Å². The van der Waals surface area contributed by atoms with E-state index >= 15 is 0 Å². The fraction of sp³-hybridized carbons (Fsp3) is 0. The Morgan fingerprint density at radius 2 is 0.560 bits per heavy atom. The van der Waals surface area contributed by atoms with Crippen molar-refractivity contribution in [2.45, 2.75) is 0 Å². The maximum Gasteiger partial charge on any atom is 0.0534 e. The topological polar surface area (TPSA) is 9.86 Å². The van der Waals surface area contributed by atoms with Gasteiger partial charge in [0.05, 0.1) is 11.4 Å². The van der Waals surface area contributed by atoms with Gasteiger partial charge in [-0.25, -0.2) is 0 Å². The van der Waals surface area contributed by atoms with E-state index in [9.17, 15) is 0 Å². The van der Waals surface area contributed by atoms with Gasteiger partial charge in [-0.2, -0.15) is 0 Å². The Kier molecular flexibility index (Phi) is 10.2. The molecule has 50 heavy (non-hydrogen) atoms. The molecule has 0 saturated carbocycles. The van der Waals surface area contributed by atoms with Crippen LogP contribution in [0.2, 0.25) is 0 Å². The predicted octanol–water partition coefficient (Wildman–Crippen LogP) is 12.6. The Morgan fingerprint density at radius 1 is 0.280 bits per heavy atom. The first-order chi connectivity index (χ1) is 24.8. The van der Waals surface area contributed by atoms with Crippen molar-refractivity contribution in [3.63, 3.8) is 0 Å². The Labute approximate surface area is 295 Å². The molecule has 0 amide bonds. The Bertz CT molecular complexity index is 1980. The molecule has 0 radical (unpaired) electrons. The number of rotatable bonds is 8. The lowest BCUT2D eigenvalue weighted by molar-refractivity contribution is 1.09. The Balaban J connectivity index is 0.000000157. The fourth-order valence-electron chi connectivity index (χ4n) is 5.93. The van der Waals surface area contributed by atoms with Crippen molar-refractivity contribution in [2.24, 2.45) is 0 Å². The molecule has 0 aliphatic heterocycles. The molecule has 0 fully saturated rings. The van der Waals surface area contributed by atoms with Crippen molar-refractivity contribution in [1.82, 2.24) is 9.13 Å². The van der Waals surface area contributed by atoms with Gasteiger partial charge in [0.1, 0.15) is 0 Å². The summed E-state index contributed by atoms with van der Waals surface area (Å²) in [5.74, 6) is 0. The molecule has 0 saturated heterocycles. The molecule has 240 valence electrons. The minimum Gasteiger partial charge on any atom is -0.316 e. The van der Waals surface area contributed by atoms with E-state index in [2.05, 4.69) is 216 Å². The first-order valence-corrected chi connectivity index (χ1v) is 16.9. The average molecular weight is 643 g/mol. The van der Waals surface area contributed by atoms with E-state index in [0.717, 1.165) is 0 Å². The van der Waals surface area contributed by atoms with Crippen LogP contribution in [-0.2, 0) is 0 Å². The molecule has 0 atom stereocenters. The van der Waals surface area contributed by atoms with Crippen molar-refractivity contribution in [3.8, 4) is 33.9 Å². The second-order valence-corrected chi connectivity index (χ2v) is 11.9. The van der Waals surface area contributed by atoms with Crippen molar-refractivity contribution in [2.75, 3.05) is 0 Å². The van der Waals surface area contributed by atoms with Crippen LogP contribution in [0.3, 0.4) is 0 Å². The zero-order valence-electron chi connectivity index (χ0n) is 27.8. The number of aromatic nitrogens is 2. The minimum absolute atomic E-state index is 1.17. The maximum atomic E-state index is 2.25. The lowest BCUT2D eigenvalue weighted by Crippen LogP contribution is -1.94. The highest BCUT2D eigenvalue weighted by Gasteiger charge is 2.09. The summed E-state index contributed by atoms with van der Waals surface area (Å²) < 4.78 is 4.50. The molecule has 0 bridgehead atoms. The van der Waals surface area contributed by atoms with Crippen LogP contribution in [0, 0.1) is 0 Å². The van der Waals surface area contributed by atoms with E-state index in [0.29, 0.717) is 0 Å². The van der Waals surface area contributed by atoms with Crippen LogP contribution in [-0.4, -0.2) is 9.13 Å². The third kappa shape index (κ3) is 8.07. The summed E-state index contributed by atoms with van der Waals surface area (Å²) in [7, 11) is 0. The molecule has 2 heteroatoms. The highest BCUT2D eigenvalue weighted by Crippen LogP contribution is 2.28. The van der Waals surface area contributed by atoms with E-state index in [1.54, 1.807) is 0 Å². The lowest BCUT2D eigenvalue weighted by atomic mass is 10.1. The third-order valence-corrected chi connectivity index (χ3v) is 8.43. The summed E-state index contributed by atoms with van der Waals surface area (Å²) in [6.07, 6.45) is 13.0. The largest absolute Gasteiger partial charge is 0.316 e. The SMILES string of the molecule is C(=C\c1cc(-c2ccccc2)n(-c2ccccc2)c1)/c1ccccc1.C(=C\c1cc(-c2ccccc2)n(-c2ccccc2)c1)/c1ccccc1. The molecule has 6 aromatic carbocycles. The van der Waals surface area contributed by atoms with Gasteiger partial charge < -0.3 is 9.13 Å². The summed E-state index contributed by atoms with van der Waals surface area (Å²) >= 11 is 0. The van der Waals surface area contributed by atoms with Crippen molar-refractivity contribution in [1.29, 1.82) is 0 Å². The van der Waals surface area contributed by atoms with Crippen LogP contribution in [0.15, 0.2) is 207 Å². The van der Waals surface area contributed by atoms with Gasteiger partial charge in [-0.05, 0) is 69.8 Å². The maximum absolute atomic E-state index is 2.25. The second-order valence-electron chi connectivity index (χ2n) is 11.9. The molecular formula is C48H38N2. The van der Waals surface area contributed by atoms with Gasteiger partial charge >= 0.3 is 0 Å².